The van der Waals surface area contributed by atoms with Crippen molar-refractivity contribution in [2.24, 2.45) is 11.3 Å². The van der Waals surface area contributed by atoms with Crippen molar-refractivity contribution >= 4 is 46.4 Å². The molecule has 7 heterocycles. The van der Waals surface area contributed by atoms with Crippen LogP contribution in [0.15, 0.2) is 90.5 Å². The lowest BCUT2D eigenvalue weighted by Crippen LogP contribution is -2.82. The number of likely N-dealkylation sites (tertiary alicyclic amines) is 1. The van der Waals surface area contributed by atoms with Crippen LogP contribution in [0.1, 0.15) is 80.3 Å². The third-order valence-corrected chi connectivity index (χ3v) is 18.1. The number of hydrogen-bond acceptors (Lipinski definition) is 13. The number of likely N-dealkylation sites (N-methyl/N-ethyl adjacent to an activating group) is 1. The standard InChI is InChI=1S/C57H68N8O10/c1-6-34-25-36-28-56(52(70)74-5,46-38(32-63(30-34)31-36)37-17-11-12-18-41(37)59-46)40-26-39-43(27-44(40)73-4)62(3)49-55(39)21-24-64-22-14-20-54(7-2,48(55)64)50(68)57(49,72)51(69)61-60-47(67)42-19-13-23-65(42)45(66)29-58-53(71)75-33-35-15-9-8-10-16-35/h8-12,14-18,20,25-27,36,42,48-50,59,68,72H,6-7,13,19,21-24,28-33H2,1-5H3,(H,58,71)(H,60,67)(H,61,69)/t36-,42-,48-,49+,50+,54+,55?,56-,57-/m0/s1. The van der Waals surface area contributed by atoms with E-state index in [1.54, 1.807) is 7.11 Å². The van der Waals surface area contributed by atoms with Crippen molar-refractivity contribution in [3.8, 4) is 5.75 Å². The number of anilines is 1. The third-order valence-electron chi connectivity index (χ3n) is 18.1. The monoisotopic (exact) mass is 1020 g/mol. The Labute approximate surface area is 436 Å². The Morgan fingerprint density at radius 1 is 0.933 bits per heavy atom. The van der Waals surface area contributed by atoms with Gasteiger partial charge >= 0.3 is 12.1 Å². The summed E-state index contributed by atoms with van der Waals surface area (Å²) in [5.74, 6) is -2.28. The fraction of sp³-hybridized carbons (Fsp3) is 0.491. The second-order valence-electron chi connectivity index (χ2n) is 21.7. The summed E-state index contributed by atoms with van der Waals surface area (Å²) in [6, 6.07) is 18.7. The molecule has 18 nitrogen and oxygen atoms in total. The molecule has 4 amide bonds. The van der Waals surface area contributed by atoms with Gasteiger partial charge in [0.15, 0.2) is 5.60 Å². The molecule has 2 saturated heterocycles. The van der Waals surface area contributed by atoms with E-state index in [1.807, 2.05) is 85.6 Å². The van der Waals surface area contributed by atoms with Gasteiger partial charge in [0, 0.05) is 90.6 Å². The van der Waals surface area contributed by atoms with Crippen LogP contribution in [0.4, 0.5) is 10.5 Å². The van der Waals surface area contributed by atoms with Crippen LogP contribution < -0.4 is 25.8 Å². The molecule has 1 aliphatic carbocycles. The maximum Gasteiger partial charge on any atom is 0.407 e. The molecule has 6 N–H and O–H groups in total. The van der Waals surface area contributed by atoms with Crippen molar-refractivity contribution in [1.82, 2.24) is 35.9 Å². The smallest absolute Gasteiger partial charge is 0.407 e. The average Bonchev–Trinajstić information content (AvgIpc) is 4.37. The highest BCUT2D eigenvalue weighted by Gasteiger charge is 2.79. The molecule has 18 heteroatoms. The summed E-state index contributed by atoms with van der Waals surface area (Å²) in [6.07, 6.45) is 6.69. The lowest BCUT2D eigenvalue weighted by Gasteiger charge is -2.63. The van der Waals surface area contributed by atoms with E-state index in [-0.39, 0.29) is 25.5 Å². The molecule has 2 bridgehead atoms. The van der Waals surface area contributed by atoms with Crippen molar-refractivity contribution in [3.63, 3.8) is 0 Å². The Bertz CT molecular complexity index is 3020. The Balaban J connectivity index is 0.963. The molecule has 0 radical (unpaired) electrons. The van der Waals surface area contributed by atoms with E-state index in [2.05, 4.69) is 56.1 Å². The minimum atomic E-state index is -2.56. The molecule has 3 fully saturated rings. The third kappa shape index (κ3) is 7.59. The Morgan fingerprint density at radius 3 is 2.48 bits per heavy atom. The Morgan fingerprint density at radius 2 is 1.72 bits per heavy atom. The van der Waals surface area contributed by atoms with E-state index in [9.17, 15) is 24.6 Å². The number of nitrogens with zero attached hydrogens (tertiary/aromatic N) is 4. The zero-order valence-electron chi connectivity index (χ0n) is 43.3. The van der Waals surface area contributed by atoms with Crippen molar-refractivity contribution < 1.29 is 48.4 Å². The van der Waals surface area contributed by atoms with Gasteiger partial charge in [-0.2, -0.15) is 0 Å². The molecule has 6 aliphatic heterocycles. The van der Waals surface area contributed by atoms with E-state index in [4.69, 9.17) is 14.2 Å². The minimum absolute atomic E-state index is 0.0178. The summed E-state index contributed by atoms with van der Waals surface area (Å²) < 4.78 is 17.6. The van der Waals surface area contributed by atoms with E-state index in [1.165, 1.54) is 17.6 Å². The fourth-order valence-corrected chi connectivity index (χ4v) is 15.0. The predicted octanol–water partition coefficient (Wildman–Crippen LogP) is 4.07. The van der Waals surface area contributed by atoms with Crippen LogP contribution >= 0.6 is 0 Å². The van der Waals surface area contributed by atoms with Crippen LogP contribution in [0.2, 0.25) is 0 Å². The highest BCUT2D eigenvalue weighted by Crippen LogP contribution is 2.67. The van der Waals surface area contributed by atoms with Gasteiger partial charge in [0.1, 0.15) is 36.5 Å². The largest absolute Gasteiger partial charge is 0.496 e. The second-order valence-corrected chi connectivity index (χ2v) is 21.7. The number of hydrogen-bond donors (Lipinski definition) is 6. The fourth-order valence-electron chi connectivity index (χ4n) is 15.0. The van der Waals surface area contributed by atoms with Crippen molar-refractivity contribution in [3.05, 3.63) is 118 Å². The number of nitrogens with one attached hydrogen (secondary N) is 4. The maximum atomic E-state index is 15.4. The number of aromatic amines is 1. The minimum Gasteiger partial charge on any atom is -0.496 e. The molecular weight excluding hydrogens is 957 g/mol. The quantitative estimate of drug-likeness (QED) is 0.0711. The van der Waals surface area contributed by atoms with Gasteiger partial charge in [-0.25, -0.2) is 4.79 Å². The first-order valence-electron chi connectivity index (χ1n) is 26.4. The van der Waals surface area contributed by atoms with Crippen molar-refractivity contribution in [2.75, 3.05) is 65.4 Å². The van der Waals surface area contributed by atoms with Crippen molar-refractivity contribution in [1.29, 1.82) is 0 Å². The summed E-state index contributed by atoms with van der Waals surface area (Å²) in [5, 5.41) is 30.1. The molecule has 1 aromatic heterocycles. The maximum absolute atomic E-state index is 15.4. The summed E-state index contributed by atoms with van der Waals surface area (Å²) >= 11 is 0. The molecule has 11 rings (SSSR count). The highest BCUT2D eigenvalue weighted by atomic mass is 16.5. The number of aromatic nitrogens is 1. The van der Waals surface area contributed by atoms with Crippen LogP contribution in [-0.4, -0.2) is 150 Å². The molecule has 2 unspecified atom stereocenters. The number of rotatable bonds is 11. The molecule has 3 aromatic carbocycles. The lowest BCUT2D eigenvalue weighted by atomic mass is 9.47. The number of carbonyl (C=O) groups excluding carboxylic acids is 5. The number of ether oxygens (including phenoxy) is 3. The molecule has 1 spiro atoms. The summed E-state index contributed by atoms with van der Waals surface area (Å²) in [7, 11) is 4.82. The molecule has 396 valence electrons. The molecule has 75 heavy (non-hydrogen) atoms. The first kappa shape index (κ1) is 50.4. The topological polar surface area (TPSA) is 218 Å². The number of esters is 1. The van der Waals surface area contributed by atoms with Gasteiger partial charge < -0.3 is 44.5 Å². The number of carbonyl (C=O) groups is 5. The van der Waals surface area contributed by atoms with E-state index >= 15 is 9.59 Å². The van der Waals surface area contributed by atoms with E-state index in [0.717, 1.165) is 52.8 Å². The predicted molar refractivity (Wildman–Crippen MR) is 278 cm³/mol. The van der Waals surface area contributed by atoms with Gasteiger partial charge in [-0.3, -0.25) is 39.8 Å². The summed E-state index contributed by atoms with van der Waals surface area (Å²) in [5.41, 5.74) is 5.68. The van der Waals surface area contributed by atoms with E-state index < -0.39 is 82.4 Å². The second kappa shape index (κ2) is 19.1. The normalized spacial score (nSPS) is 31.2. The van der Waals surface area contributed by atoms with Gasteiger partial charge in [0.05, 0.1) is 20.3 Å². The van der Waals surface area contributed by atoms with E-state index in [0.29, 0.717) is 62.3 Å². The van der Waals surface area contributed by atoms with Gasteiger partial charge in [-0.15, -0.1) is 0 Å². The Kier molecular flexibility index (Phi) is 12.9. The number of aliphatic hydroxyl groups excluding tert-OH is 1. The zero-order chi connectivity index (χ0) is 52.6. The van der Waals surface area contributed by atoms with Gasteiger partial charge in [-0.05, 0) is 79.8 Å². The SMILES string of the molecule is CCC1=C[C@@H]2CN(C1)Cc1c([nH]c3ccccc13)[C@@](C(=O)OC)(c1cc3c(cc1OC)N(C)[C@@H]1C34CCN3CC=C[C@](CC)([C@H]34)[C@@H](O)[C@]1(O)C(=O)NNC(=O)[C@@H]1CCCN1C(=O)CNC(=O)OCc1ccccc1)C2. The van der Waals surface area contributed by atoms with Crippen LogP contribution in [-0.2, 0) is 52.6 Å². The van der Waals surface area contributed by atoms with Gasteiger partial charge in [-0.1, -0.05) is 86.2 Å². The first-order chi connectivity index (χ1) is 36.2. The van der Waals surface area contributed by atoms with Crippen LogP contribution in [0.5, 0.6) is 5.75 Å². The average molecular weight is 1030 g/mol. The summed E-state index contributed by atoms with van der Waals surface area (Å²) in [4.78, 5) is 82.5. The number of amides is 4. The van der Waals surface area contributed by atoms with Crippen LogP contribution in [0.25, 0.3) is 10.9 Å². The number of benzene rings is 3. The Hall–Kier alpha value is -6.73. The molecule has 1 saturated carbocycles. The van der Waals surface area contributed by atoms with Crippen LogP contribution in [0.3, 0.4) is 0 Å². The first-order valence-corrected chi connectivity index (χ1v) is 26.4. The molecular formula is C57H68N8O10. The molecule has 10 atom stereocenters. The number of hydrazine groups is 1. The zero-order valence-corrected chi connectivity index (χ0v) is 43.3. The summed E-state index contributed by atoms with van der Waals surface area (Å²) in [6.45, 7) is 7.31. The molecule has 4 aromatic rings. The van der Waals surface area contributed by atoms with Crippen LogP contribution in [0, 0.1) is 11.3 Å². The number of alkyl carbamates (subject to hydrolysis) is 1. The van der Waals surface area contributed by atoms with Gasteiger partial charge in [0.25, 0.3) is 11.8 Å². The lowest BCUT2D eigenvalue weighted by molar-refractivity contribution is -0.204. The number of H-pyrrole nitrogens is 1. The number of fused-ring (bicyclic) bond motifs is 6. The highest BCUT2D eigenvalue weighted by molar-refractivity contribution is 5.96. The number of methoxy groups -OCH3 is 2. The van der Waals surface area contributed by atoms with Gasteiger partial charge in [0.2, 0.25) is 5.91 Å². The molecule has 7 aliphatic rings. The number of para-hydroxylation sites is 1. The van der Waals surface area contributed by atoms with Crippen molar-refractivity contribution in [2.45, 2.75) is 106 Å². The number of aliphatic hydroxyl groups is 2.